The standard InChI is InChI=1S/C7H4BrClFN5O2S2/c8-4-2(9)1-3(5(10)6(4)11)19(16,17)13-7-12-14-15-18-7/h1H,11H2,(H,12,13,15). The average Bonchev–Trinajstić information content (AvgIpc) is 2.83. The van der Waals surface area contributed by atoms with E-state index >= 15 is 0 Å². The van der Waals surface area contributed by atoms with Crippen LogP contribution >= 0.6 is 39.1 Å². The van der Waals surface area contributed by atoms with Crippen molar-refractivity contribution in [2.75, 3.05) is 10.5 Å². The summed E-state index contributed by atoms with van der Waals surface area (Å²) in [6.45, 7) is 0. The Kier molecular flexibility index (Phi) is 3.90. The monoisotopic (exact) mass is 387 g/mol. The molecule has 0 bridgehead atoms. The first-order chi connectivity index (χ1) is 8.83. The molecular weight excluding hydrogens is 385 g/mol. The van der Waals surface area contributed by atoms with Gasteiger partial charge in [-0.2, -0.15) is 0 Å². The molecule has 7 nitrogen and oxygen atoms in total. The first kappa shape index (κ1) is 14.4. The van der Waals surface area contributed by atoms with Gasteiger partial charge in [-0.1, -0.05) is 21.2 Å². The molecule has 1 aromatic carbocycles. The number of aromatic nitrogens is 3. The van der Waals surface area contributed by atoms with E-state index in [-0.39, 0.29) is 14.6 Å². The van der Waals surface area contributed by atoms with Gasteiger partial charge in [0.1, 0.15) is 4.90 Å². The number of rotatable bonds is 3. The highest BCUT2D eigenvalue weighted by molar-refractivity contribution is 9.10. The van der Waals surface area contributed by atoms with Crippen molar-refractivity contribution in [2.45, 2.75) is 4.90 Å². The summed E-state index contributed by atoms with van der Waals surface area (Å²) in [5.41, 5.74) is 5.02. The quantitative estimate of drug-likeness (QED) is 0.613. The minimum atomic E-state index is -4.22. The largest absolute Gasteiger partial charge is 0.395 e. The van der Waals surface area contributed by atoms with Gasteiger partial charge in [0, 0.05) is 11.5 Å². The maximum atomic E-state index is 13.9. The molecule has 3 N–H and O–H groups in total. The molecule has 2 rings (SSSR count). The van der Waals surface area contributed by atoms with Gasteiger partial charge in [0.2, 0.25) is 5.13 Å². The van der Waals surface area contributed by atoms with Gasteiger partial charge < -0.3 is 5.73 Å². The highest BCUT2D eigenvalue weighted by atomic mass is 79.9. The molecule has 0 amide bonds. The van der Waals surface area contributed by atoms with E-state index in [0.29, 0.717) is 11.5 Å². The van der Waals surface area contributed by atoms with Crippen molar-refractivity contribution in [3.8, 4) is 0 Å². The summed E-state index contributed by atoms with van der Waals surface area (Å²) in [5, 5.41) is 6.47. The van der Waals surface area contributed by atoms with Gasteiger partial charge in [0.15, 0.2) is 5.82 Å². The minimum Gasteiger partial charge on any atom is -0.395 e. The molecular formula is C7H4BrClFN5O2S2. The van der Waals surface area contributed by atoms with Crippen LogP contribution in [0.5, 0.6) is 0 Å². The number of hydrogen-bond acceptors (Lipinski definition) is 7. The molecule has 19 heavy (non-hydrogen) atoms. The molecule has 2 aromatic rings. The van der Waals surface area contributed by atoms with E-state index in [1.165, 1.54) is 0 Å². The molecule has 0 aliphatic rings. The first-order valence-corrected chi connectivity index (χ1v) is 7.86. The van der Waals surface area contributed by atoms with E-state index in [1.807, 2.05) is 4.72 Å². The van der Waals surface area contributed by atoms with Crippen LogP contribution in [0.15, 0.2) is 15.4 Å². The smallest absolute Gasteiger partial charge is 0.266 e. The Balaban J connectivity index is 2.52. The molecule has 0 aliphatic heterocycles. The van der Waals surface area contributed by atoms with Crippen molar-refractivity contribution in [1.29, 1.82) is 0 Å². The van der Waals surface area contributed by atoms with Crippen molar-refractivity contribution < 1.29 is 12.8 Å². The first-order valence-electron chi connectivity index (χ1n) is 4.43. The summed E-state index contributed by atoms with van der Waals surface area (Å²) >= 11 is 9.41. The molecule has 0 atom stereocenters. The Morgan fingerprint density at radius 2 is 2.21 bits per heavy atom. The molecule has 0 radical (unpaired) electrons. The van der Waals surface area contributed by atoms with Crippen LogP contribution in [-0.4, -0.2) is 23.2 Å². The Bertz CT molecular complexity index is 724. The number of nitrogens with zero attached hydrogens (tertiary/aromatic N) is 3. The second-order valence-corrected chi connectivity index (χ2v) is 6.75. The van der Waals surface area contributed by atoms with E-state index in [2.05, 4.69) is 30.7 Å². The molecule has 0 unspecified atom stereocenters. The zero-order chi connectivity index (χ0) is 14.2. The zero-order valence-electron chi connectivity index (χ0n) is 8.76. The van der Waals surface area contributed by atoms with Crippen LogP contribution < -0.4 is 10.5 Å². The topological polar surface area (TPSA) is 111 Å². The van der Waals surface area contributed by atoms with E-state index in [9.17, 15) is 12.8 Å². The number of nitrogens with two attached hydrogens (primary N) is 1. The van der Waals surface area contributed by atoms with Crippen molar-refractivity contribution in [3.63, 3.8) is 0 Å². The van der Waals surface area contributed by atoms with Crippen LogP contribution in [0.25, 0.3) is 0 Å². The van der Waals surface area contributed by atoms with Crippen LogP contribution in [-0.2, 0) is 10.0 Å². The Morgan fingerprint density at radius 3 is 2.79 bits per heavy atom. The van der Waals surface area contributed by atoms with Gasteiger partial charge in [-0.15, -0.1) is 0 Å². The number of nitrogen functional groups attached to an aromatic ring is 1. The normalized spacial score (nSPS) is 11.5. The molecule has 0 aliphatic carbocycles. The fourth-order valence-electron chi connectivity index (χ4n) is 1.14. The van der Waals surface area contributed by atoms with Crippen molar-refractivity contribution in [1.82, 2.24) is 14.8 Å². The van der Waals surface area contributed by atoms with Crippen LogP contribution in [0.3, 0.4) is 0 Å². The Hall–Kier alpha value is -1.04. The summed E-state index contributed by atoms with van der Waals surface area (Å²) in [4.78, 5) is -0.687. The number of nitrogens with one attached hydrogen (secondary N) is 1. The molecule has 12 heteroatoms. The maximum absolute atomic E-state index is 13.9. The van der Waals surface area contributed by atoms with Crippen LogP contribution in [0.1, 0.15) is 0 Å². The molecule has 0 spiro atoms. The summed E-state index contributed by atoms with van der Waals surface area (Å²) < 4.78 is 43.3. The number of hydrogen-bond donors (Lipinski definition) is 2. The molecule has 1 heterocycles. The molecule has 1 aromatic heterocycles. The van der Waals surface area contributed by atoms with Gasteiger partial charge >= 0.3 is 0 Å². The van der Waals surface area contributed by atoms with Gasteiger partial charge in [-0.3, -0.25) is 4.72 Å². The highest BCUT2D eigenvalue weighted by Gasteiger charge is 2.25. The zero-order valence-corrected chi connectivity index (χ0v) is 12.7. The number of anilines is 2. The Labute approximate surface area is 124 Å². The van der Waals surface area contributed by atoms with E-state index in [1.54, 1.807) is 0 Å². The number of benzene rings is 1. The van der Waals surface area contributed by atoms with E-state index in [0.717, 1.165) is 6.07 Å². The third-order valence-corrected chi connectivity index (χ3v) is 5.33. The van der Waals surface area contributed by atoms with Crippen molar-refractivity contribution >= 4 is 59.9 Å². The molecule has 102 valence electrons. The van der Waals surface area contributed by atoms with Crippen LogP contribution in [0, 0.1) is 5.82 Å². The maximum Gasteiger partial charge on any atom is 0.266 e. The number of sulfonamides is 1. The molecule has 0 saturated heterocycles. The summed E-state index contributed by atoms with van der Waals surface area (Å²) in [5.74, 6) is -1.11. The second kappa shape index (κ2) is 5.15. The Morgan fingerprint density at radius 1 is 1.53 bits per heavy atom. The highest BCUT2D eigenvalue weighted by Crippen LogP contribution is 2.35. The third-order valence-electron chi connectivity index (χ3n) is 1.97. The van der Waals surface area contributed by atoms with Crippen molar-refractivity contribution in [2.24, 2.45) is 0 Å². The average molecular weight is 389 g/mol. The van der Waals surface area contributed by atoms with Gasteiger partial charge in [-0.05, 0) is 27.2 Å². The van der Waals surface area contributed by atoms with Crippen molar-refractivity contribution in [3.05, 3.63) is 21.4 Å². The lowest BCUT2D eigenvalue weighted by Crippen LogP contribution is -2.15. The predicted molar refractivity (Wildman–Crippen MR) is 72.0 cm³/mol. The minimum absolute atomic E-state index is 0.0327. The van der Waals surface area contributed by atoms with E-state index in [4.69, 9.17) is 17.3 Å². The SMILES string of the molecule is Nc1c(F)c(S(=O)(=O)Nc2nnns2)cc(Cl)c1Br. The second-order valence-electron chi connectivity index (χ2n) is 3.17. The predicted octanol–water partition coefficient (Wildman–Crippen LogP) is 1.87. The summed E-state index contributed by atoms with van der Waals surface area (Å²) in [7, 11) is -4.22. The lowest BCUT2D eigenvalue weighted by Gasteiger charge is -2.09. The fraction of sp³-hybridized carbons (Fsp3) is 0. The summed E-state index contributed by atoms with van der Waals surface area (Å²) in [6, 6.07) is 0.939. The fourth-order valence-corrected chi connectivity index (χ4v) is 3.40. The lowest BCUT2D eigenvalue weighted by atomic mass is 10.3. The third kappa shape index (κ3) is 2.78. The number of halogens is 3. The van der Waals surface area contributed by atoms with Gasteiger partial charge in [-0.25, -0.2) is 12.8 Å². The van der Waals surface area contributed by atoms with Crippen LogP contribution in [0.4, 0.5) is 15.2 Å². The molecule has 0 fully saturated rings. The molecule has 0 saturated carbocycles. The van der Waals surface area contributed by atoms with Crippen LogP contribution in [0.2, 0.25) is 5.02 Å². The van der Waals surface area contributed by atoms with Gasteiger partial charge in [0.25, 0.3) is 10.0 Å². The van der Waals surface area contributed by atoms with Gasteiger partial charge in [0.05, 0.1) is 15.2 Å². The van der Waals surface area contributed by atoms with E-state index < -0.39 is 26.4 Å². The summed E-state index contributed by atoms with van der Waals surface area (Å²) in [6.07, 6.45) is 0. The lowest BCUT2D eigenvalue weighted by molar-refractivity contribution is 0.572.